The van der Waals surface area contributed by atoms with Gasteiger partial charge in [0, 0.05) is 24.0 Å². The van der Waals surface area contributed by atoms with E-state index < -0.39 is 0 Å². The lowest BCUT2D eigenvalue weighted by Gasteiger charge is -2.09. The summed E-state index contributed by atoms with van der Waals surface area (Å²) < 4.78 is 0. The van der Waals surface area contributed by atoms with Gasteiger partial charge in [0.25, 0.3) is 0 Å². The van der Waals surface area contributed by atoms with Crippen molar-refractivity contribution >= 4 is 11.3 Å². The van der Waals surface area contributed by atoms with Crippen molar-refractivity contribution in [2.75, 3.05) is 0 Å². The molecule has 1 heterocycles. The lowest BCUT2D eigenvalue weighted by atomic mass is 10.0. The summed E-state index contributed by atoms with van der Waals surface area (Å²) in [4.78, 5) is 4.26. The fourth-order valence-electron chi connectivity index (χ4n) is 1.79. The molecule has 0 amide bonds. The number of rotatable bonds is 5. The first-order valence-corrected chi connectivity index (χ1v) is 6.81. The van der Waals surface area contributed by atoms with Crippen LogP contribution >= 0.6 is 11.3 Å². The summed E-state index contributed by atoms with van der Waals surface area (Å²) in [5.41, 5.74) is 8.78. The number of nitrogens with two attached hydrogens (primary N) is 1. The van der Waals surface area contributed by atoms with Crippen LogP contribution in [-0.2, 0) is 12.8 Å². The molecule has 0 saturated heterocycles. The van der Waals surface area contributed by atoms with Gasteiger partial charge in [-0.1, -0.05) is 29.8 Å². The number of nitrogens with zero attached hydrogens (tertiary/aromatic N) is 1. The number of hydrogen-bond acceptors (Lipinski definition) is 3. The number of thiazole rings is 1. The van der Waals surface area contributed by atoms with E-state index in [1.807, 2.05) is 11.6 Å². The quantitative estimate of drug-likeness (QED) is 0.881. The van der Waals surface area contributed by atoms with Gasteiger partial charge in [0.1, 0.15) is 0 Å². The SMILES string of the molecule is Cc1ccc(CCC(N)Cc2nccs2)cc1. The summed E-state index contributed by atoms with van der Waals surface area (Å²) in [5.74, 6) is 0. The molecule has 90 valence electrons. The predicted molar refractivity (Wildman–Crippen MR) is 73.3 cm³/mol. The Morgan fingerprint density at radius 2 is 2.06 bits per heavy atom. The molecule has 17 heavy (non-hydrogen) atoms. The van der Waals surface area contributed by atoms with Gasteiger partial charge in [-0.25, -0.2) is 4.98 Å². The molecular weight excluding hydrogens is 228 g/mol. The molecule has 0 aliphatic rings. The van der Waals surface area contributed by atoms with Crippen LogP contribution < -0.4 is 5.73 Å². The minimum absolute atomic E-state index is 0.211. The second kappa shape index (κ2) is 5.94. The van der Waals surface area contributed by atoms with E-state index in [2.05, 4.69) is 36.2 Å². The van der Waals surface area contributed by atoms with Crippen molar-refractivity contribution in [1.82, 2.24) is 4.98 Å². The van der Waals surface area contributed by atoms with Crippen LogP contribution in [-0.4, -0.2) is 11.0 Å². The van der Waals surface area contributed by atoms with Gasteiger partial charge < -0.3 is 5.73 Å². The Balaban J connectivity index is 1.79. The molecule has 0 saturated carbocycles. The van der Waals surface area contributed by atoms with Gasteiger partial charge in [-0.3, -0.25) is 0 Å². The fourth-order valence-corrected chi connectivity index (χ4v) is 2.50. The summed E-state index contributed by atoms with van der Waals surface area (Å²) in [6.45, 7) is 2.11. The third-order valence-corrected chi connectivity index (χ3v) is 3.65. The van der Waals surface area contributed by atoms with Gasteiger partial charge in [-0.15, -0.1) is 11.3 Å². The smallest absolute Gasteiger partial charge is 0.0940 e. The number of aromatic nitrogens is 1. The molecule has 3 heteroatoms. The van der Waals surface area contributed by atoms with Gasteiger partial charge in [0.2, 0.25) is 0 Å². The van der Waals surface area contributed by atoms with E-state index in [4.69, 9.17) is 5.73 Å². The number of hydrogen-bond donors (Lipinski definition) is 1. The molecule has 1 atom stereocenters. The number of aryl methyl sites for hydroxylation is 2. The molecule has 1 aromatic carbocycles. The molecule has 0 bridgehead atoms. The molecule has 0 fully saturated rings. The van der Waals surface area contributed by atoms with Crippen LogP contribution in [0.15, 0.2) is 35.8 Å². The van der Waals surface area contributed by atoms with Crippen molar-refractivity contribution in [3.05, 3.63) is 52.0 Å². The molecule has 2 aromatic rings. The molecular formula is C14H18N2S. The van der Waals surface area contributed by atoms with Crippen LogP contribution in [0.2, 0.25) is 0 Å². The highest BCUT2D eigenvalue weighted by Crippen LogP contribution is 2.11. The van der Waals surface area contributed by atoms with Gasteiger partial charge in [-0.2, -0.15) is 0 Å². The van der Waals surface area contributed by atoms with Crippen LogP contribution in [0.4, 0.5) is 0 Å². The van der Waals surface area contributed by atoms with E-state index in [0.717, 1.165) is 24.3 Å². The second-order valence-corrected chi connectivity index (χ2v) is 5.39. The van der Waals surface area contributed by atoms with Crippen molar-refractivity contribution in [3.8, 4) is 0 Å². The van der Waals surface area contributed by atoms with E-state index >= 15 is 0 Å². The third-order valence-electron chi connectivity index (χ3n) is 2.84. The number of benzene rings is 1. The van der Waals surface area contributed by atoms with E-state index in [-0.39, 0.29) is 6.04 Å². The third kappa shape index (κ3) is 3.95. The Morgan fingerprint density at radius 1 is 1.29 bits per heavy atom. The Kier molecular flexibility index (Phi) is 4.29. The molecule has 0 aliphatic carbocycles. The predicted octanol–water partition coefficient (Wildman–Crippen LogP) is 2.95. The van der Waals surface area contributed by atoms with E-state index in [9.17, 15) is 0 Å². The van der Waals surface area contributed by atoms with Crippen LogP contribution in [0.1, 0.15) is 22.6 Å². The van der Waals surface area contributed by atoms with Gasteiger partial charge in [-0.05, 0) is 25.3 Å². The Labute approximate surface area is 107 Å². The first-order chi connectivity index (χ1) is 8.24. The minimum Gasteiger partial charge on any atom is -0.327 e. The highest BCUT2D eigenvalue weighted by atomic mass is 32.1. The molecule has 0 spiro atoms. The Hall–Kier alpha value is -1.19. The highest BCUT2D eigenvalue weighted by Gasteiger charge is 2.06. The lowest BCUT2D eigenvalue weighted by molar-refractivity contribution is 0.609. The lowest BCUT2D eigenvalue weighted by Crippen LogP contribution is -2.23. The van der Waals surface area contributed by atoms with Crippen LogP contribution in [0.25, 0.3) is 0 Å². The van der Waals surface area contributed by atoms with E-state index in [1.165, 1.54) is 11.1 Å². The van der Waals surface area contributed by atoms with Crippen LogP contribution in [0, 0.1) is 6.92 Å². The van der Waals surface area contributed by atoms with Crippen molar-refractivity contribution in [3.63, 3.8) is 0 Å². The van der Waals surface area contributed by atoms with Crippen molar-refractivity contribution < 1.29 is 0 Å². The summed E-state index contributed by atoms with van der Waals surface area (Å²) in [5, 5.41) is 3.14. The maximum Gasteiger partial charge on any atom is 0.0940 e. The van der Waals surface area contributed by atoms with Gasteiger partial charge in [0.05, 0.1) is 5.01 Å². The topological polar surface area (TPSA) is 38.9 Å². The van der Waals surface area contributed by atoms with Crippen LogP contribution in [0.5, 0.6) is 0 Å². The summed E-state index contributed by atoms with van der Waals surface area (Å²) in [7, 11) is 0. The zero-order valence-corrected chi connectivity index (χ0v) is 10.9. The van der Waals surface area contributed by atoms with Gasteiger partial charge in [0.15, 0.2) is 0 Å². The standard InChI is InChI=1S/C14H18N2S/c1-11-2-4-12(5-3-11)6-7-13(15)10-14-16-8-9-17-14/h2-5,8-9,13H,6-7,10,15H2,1H3. The highest BCUT2D eigenvalue weighted by molar-refractivity contribution is 7.09. The molecule has 2 N–H and O–H groups in total. The molecule has 2 rings (SSSR count). The zero-order chi connectivity index (χ0) is 12.1. The van der Waals surface area contributed by atoms with Crippen molar-refractivity contribution in [1.29, 1.82) is 0 Å². The zero-order valence-electron chi connectivity index (χ0n) is 10.1. The summed E-state index contributed by atoms with van der Waals surface area (Å²) >= 11 is 1.68. The normalized spacial score (nSPS) is 12.6. The molecule has 2 nitrogen and oxygen atoms in total. The Morgan fingerprint density at radius 3 is 2.71 bits per heavy atom. The fraction of sp³-hybridized carbons (Fsp3) is 0.357. The average Bonchev–Trinajstić information content (AvgIpc) is 2.81. The second-order valence-electron chi connectivity index (χ2n) is 4.41. The summed E-state index contributed by atoms with van der Waals surface area (Å²) in [6.07, 6.45) is 4.80. The largest absolute Gasteiger partial charge is 0.327 e. The maximum absolute atomic E-state index is 6.11. The van der Waals surface area contributed by atoms with Crippen LogP contribution in [0.3, 0.4) is 0 Å². The molecule has 1 unspecified atom stereocenters. The first kappa shape index (κ1) is 12.3. The Bertz CT molecular complexity index is 434. The van der Waals surface area contributed by atoms with E-state index in [1.54, 1.807) is 11.3 Å². The maximum atomic E-state index is 6.11. The van der Waals surface area contributed by atoms with E-state index in [0.29, 0.717) is 0 Å². The van der Waals surface area contributed by atoms with Gasteiger partial charge >= 0.3 is 0 Å². The molecule has 1 aromatic heterocycles. The summed E-state index contributed by atoms with van der Waals surface area (Å²) in [6, 6.07) is 8.89. The monoisotopic (exact) mass is 246 g/mol. The van der Waals surface area contributed by atoms with Crippen molar-refractivity contribution in [2.24, 2.45) is 5.73 Å². The molecule has 0 radical (unpaired) electrons. The first-order valence-electron chi connectivity index (χ1n) is 5.93. The minimum atomic E-state index is 0.211. The average molecular weight is 246 g/mol. The molecule has 0 aliphatic heterocycles. The van der Waals surface area contributed by atoms with Crippen molar-refractivity contribution in [2.45, 2.75) is 32.2 Å².